The van der Waals surface area contributed by atoms with Gasteiger partial charge in [-0.25, -0.2) is 14.6 Å². The summed E-state index contributed by atoms with van der Waals surface area (Å²) in [5.74, 6) is -2.81. The van der Waals surface area contributed by atoms with E-state index in [-0.39, 0.29) is 0 Å². The standard InChI is InChI=1S/C16H15BrN4.C2H2O4/c1-21-15(13-5-2-6-14(17)8-13)11-20-16(21)19-10-12-4-3-7-18-9-12;3-1(4)2(5)6/h2-9,11H,10H2,1H3,(H,19,20);(H,3,4)(H,5,6). The smallest absolute Gasteiger partial charge is 0.414 e. The van der Waals surface area contributed by atoms with E-state index in [0.29, 0.717) is 6.54 Å². The van der Waals surface area contributed by atoms with Crippen LogP contribution in [-0.4, -0.2) is 36.7 Å². The number of benzene rings is 1. The average molecular weight is 433 g/mol. The molecule has 1 aromatic carbocycles. The highest BCUT2D eigenvalue weighted by atomic mass is 79.9. The van der Waals surface area contributed by atoms with Crippen LogP contribution in [0.2, 0.25) is 0 Å². The fourth-order valence-corrected chi connectivity index (χ4v) is 2.57. The van der Waals surface area contributed by atoms with E-state index in [4.69, 9.17) is 19.8 Å². The van der Waals surface area contributed by atoms with Crippen molar-refractivity contribution in [2.75, 3.05) is 5.32 Å². The van der Waals surface area contributed by atoms with Crippen molar-refractivity contribution in [3.05, 3.63) is 65.0 Å². The van der Waals surface area contributed by atoms with Crippen LogP contribution >= 0.6 is 15.9 Å². The average Bonchev–Trinajstić information content (AvgIpc) is 3.02. The van der Waals surface area contributed by atoms with Gasteiger partial charge in [-0.3, -0.25) is 4.98 Å². The van der Waals surface area contributed by atoms with E-state index in [0.717, 1.165) is 27.2 Å². The van der Waals surface area contributed by atoms with Gasteiger partial charge in [0.25, 0.3) is 0 Å². The summed E-state index contributed by atoms with van der Waals surface area (Å²) in [5, 5.41) is 18.1. The SMILES string of the molecule is Cn1c(-c2cccc(Br)c2)cnc1NCc1cccnc1.O=C(O)C(=O)O. The Morgan fingerprint density at radius 2 is 1.89 bits per heavy atom. The lowest BCUT2D eigenvalue weighted by Crippen LogP contribution is -2.09. The van der Waals surface area contributed by atoms with Crippen molar-refractivity contribution in [3.63, 3.8) is 0 Å². The van der Waals surface area contributed by atoms with Gasteiger partial charge in [-0.15, -0.1) is 0 Å². The second-order valence-corrected chi connectivity index (χ2v) is 6.28. The molecule has 3 rings (SSSR count). The van der Waals surface area contributed by atoms with Gasteiger partial charge in [0, 0.05) is 36.0 Å². The maximum absolute atomic E-state index is 9.10. The van der Waals surface area contributed by atoms with Crippen molar-refractivity contribution in [3.8, 4) is 11.3 Å². The maximum atomic E-state index is 9.10. The number of aliphatic carboxylic acids is 2. The first-order valence-electron chi connectivity index (χ1n) is 7.75. The third kappa shape index (κ3) is 5.93. The lowest BCUT2D eigenvalue weighted by Gasteiger charge is -2.08. The molecule has 0 spiro atoms. The van der Waals surface area contributed by atoms with Gasteiger partial charge < -0.3 is 20.1 Å². The Balaban J connectivity index is 0.000000380. The van der Waals surface area contributed by atoms with E-state index in [1.807, 2.05) is 43.7 Å². The molecule has 2 heterocycles. The highest BCUT2D eigenvalue weighted by Crippen LogP contribution is 2.24. The highest BCUT2D eigenvalue weighted by molar-refractivity contribution is 9.10. The second-order valence-electron chi connectivity index (χ2n) is 5.36. The Morgan fingerprint density at radius 3 is 2.48 bits per heavy atom. The zero-order valence-electron chi connectivity index (χ0n) is 14.3. The van der Waals surface area contributed by atoms with Gasteiger partial charge >= 0.3 is 11.9 Å². The number of aromatic nitrogens is 3. The van der Waals surface area contributed by atoms with Crippen LogP contribution in [0.4, 0.5) is 5.95 Å². The molecule has 0 aliphatic heterocycles. The van der Waals surface area contributed by atoms with Crippen molar-refractivity contribution in [2.45, 2.75) is 6.54 Å². The van der Waals surface area contributed by atoms with Crippen molar-refractivity contribution >= 4 is 33.8 Å². The normalized spacial score (nSPS) is 9.85. The zero-order valence-corrected chi connectivity index (χ0v) is 15.9. The molecule has 0 bridgehead atoms. The number of pyridine rings is 1. The minimum Gasteiger partial charge on any atom is -0.473 e. The monoisotopic (exact) mass is 432 g/mol. The maximum Gasteiger partial charge on any atom is 0.414 e. The molecule has 2 aromatic heterocycles. The molecule has 0 aliphatic rings. The number of halogens is 1. The van der Waals surface area contributed by atoms with E-state index in [1.165, 1.54) is 0 Å². The van der Waals surface area contributed by atoms with E-state index in [2.05, 4.69) is 47.9 Å². The molecule has 140 valence electrons. The molecule has 0 aliphatic carbocycles. The molecule has 0 saturated carbocycles. The van der Waals surface area contributed by atoms with Crippen molar-refractivity contribution in [2.24, 2.45) is 7.05 Å². The van der Waals surface area contributed by atoms with Crippen molar-refractivity contribution in [1.82, 2.24) is 14.5 Å². The van der Waals surface area contributed by atoms with Crippen LogP contribution in [0.1, 0.15) is 5.56 Å². The topological polar surface area (TPSA) is 117 Å². The number of carboxylic acids is 2. The molecule has 3 aromatic rings. The van der Waals surface area contributed by atoms with E-state index in [9.17, 15) is 0 Å². The third-order valence-corrected chi connectivity index (χ3v) is 3.96. The summed E-state index contributed by atoms with van der Waals surface area (Å²) >= 11 is 3.50. The molecule has 8 nitrogen and oxygen atoms in total. The summed E-state index contributed by atoms with van der Waals surface area (Å²) < 4.78 is 3.11. The Hall–Kier alpha value is -3.20. The predicted octanol–water partition coefficient (Wildman–Crippen LogP) is 3.01. The van der Waals surface area contributed by atoms with Crippen LogP contribution in [-0.2, 0) is 23.2 Å². The fourth-order valence-electron chi connectivity index (χ4n) is 2.17. The number of nitrogens with zero attached hydrogens (tertiary/aromatic N) is 3. The quantitative estimate of drug-likeness (QED) is 0.542. The van der Waals surface area contributed by atoms with E-state index >= 15 is 0 Å². The summed E-state index contributed by atoms with van der Waals surface area (Å²) in [6, 6.07) is 12.2. The van der Waals surface area contributed by atoms with Gasteiger partial charge in [0.05, 0.1) is 11.9 Å². The summed E-state index contributed by atoms with van der Waals surface area (Å²) in [5.41, 5.74) is 3.34. The molecule has 0 atom stereocenters. The van der Waals surface area contributed by atoms with Crippen molar-refractivity contribution < 1.29 is 19.8 Å². The van der Waals surface area contributed by atoms with Crippen LogP contribution in [0, 0.1) is 0 Å². The van der Waals surface area contributed by atoms with Gasteiger partial charge in [-0.2, -0.15) is 0 Å². The number of imidazole rings is 1. The van der Waals surface area contributed by atoms with Crippen LogP contribution in [0.15, 0.2) is 59.5 Å². The fraction of sp³-hybridized carbons (Fsp3) is 0.111. The number of hydrogen-bond acceptors (Lipinski definition) is 5. The number of hydrogen-bond donors (Lipinski definition) is 3. The van der Waals surface area contributed by atoms with Gasteiger partial charge in [-0.1, -0.05) is 34.1 Å². The molecule has 0 fully saturated rings. The Morgan fingerprint density at radius 1 is 1.15 bits per heavy atom. The summed E-state index contributed by atoms with van der Waals surface area (Å²) in [6.45, 7) is 0.705. The number of anilines is 1. The highest BCUT2D eigenvalue weighted by Gasteiger charge is 2.08. The van der Waals surface area contributed by atoms with Gasteiger partial charge in [0.2, 0.25) is 5.95 Å². The first-order chi connectivity index (χ1) is 12.9. The lowest BCUT2D eigenvalue weighted by atomic mass is 10.2. The minimum atomic E-state index is -1.82. The molecular weight excluding hydrogens is 416 g/mol. The summed E-state index contributed by atoms with van der Waals surface area (Å²) in [6.07, 6.45) is 5.51. The summed E-state index contributed by atoms with van der Waals surface area (Å²) in [7, 11) is 2.01. The Labute approximate surface area is 163 Å². The molecule has 27 heavy (non-hydrogen) atoms. The first kappa shape index (κ1) is 20.1. The van der Waals surface area contributed by atoms with Crippen LogP contribution < -0.4 is 5.32 Å². The molecule has 0 unspecified atom stereocenters. The van der Waals surface area contributed by atoms with Crippen molar-refractivity contribution in [1.29, 1.82) is 0 Å². The van der Waals surface area contributed by atoms with Crippen LogP contribution in [0.3, 0.4) is 0 Å². The number of rotatable bonds is 4. The van der Waals surface area contributed by atoms with E-state index < -0.39 is 11.9 Å². The van der Waals surface area contributed by atoms with Gasteiger partial charge in [0.1, 0.15) is 0 Å². The van der Waals surface area contributed by atoms with Gasteiger partial charge in [0.15, 0.2) is 0 Å². The number of carboxylic acid groups (broad SMARTS) is 2. The lowest BCUT2D eigenvalue weighted by molar-refractivity contribution is -0.159. The Bertz CT molecular complexity index is 916. The van der Waals surface area contributed by atoms with E-state index in [1.54, 1.807) is 6.20 Å². The summed E-state index contributed by atoms with van der Waals surface area (Å²) in [4.78, 5) is 26.8. The first-order valence-corrected chi connectivity index (χ1v) is 8.54. The molecule has 0 radical (unpaired) electrons. The number of nitrogens with one attached hydrogen (secondary N) is 1. The molecule has 9 heteroatoms. The molecule has 0 amide bonds. The molecule has 0 saturated heterocycles. The zero-order chi connectivity index (χ0) is 19.8. The number of carbonyl (C=O) groups is 2. The third-order valence-electron chi connectivity index (χ3n) is 3.46. The molecule has 3 N–H and O–H groups in total. The van der Waals surface area contributed by atoms with Crippen LogP contribution in [0.5, 0.6) is 0 Å². The minimum absolute atomic E-state index is 0.705. The van der Waals surface area contributed by atoms with Crippen LogP contribution in [0.25, 0.3) is 11.3 Å². The van der Waals surface area contributed by atoms with Gasteiger partial charge in [-0.05, 0) is 23.8 Å². The largest absolute Gasteiger partial charge is 0.473 e. The molecular formula is C18H17BrN4O4. The second kappa shape index (κ2) is 9.48. The Kier molecular flexibility index (Phi) is 7.07. The predicted molar refractivity (Wildman–Crippen MR) is 103 cm³/mol.